The van der Waals surface area contributed by atoms with Gasteiger partial charge in [-0.3, -0.25) is 0 Å². The van der Waals surface area contributed by atoms with E-state index in [2.05, 4.69) is 15.0 Å². The van der Waals surface area contributed by atoms with Crippen LogP contribution in [0.4, 0.5) is 10.6 Å². The van der Waals surface area contributed by atoms with Crippen molar-refractivity contribution in [1.82, 2.24) is 28.9 Å². The quantitative estimate of drug-likeness (QED) is 0.521. The second-order valence-corrected chi connectivity index (χ2v) is 7.60. The summed E-state index contributed by atoms with van der Waals surface area (Å²) in [4.78, 5) is 25.4. The van der Waals surface area contributed by atoms with Crippen molar-refractivity contribution in [3.63, 3.8) is 0 Å². The molecule has 0 atom stereocenters. The Balaban J connectivity index is 1.42. The van der Waals surface area contributed by atoms with Crippen LogP contribution in [0.3, 0.4) is 0 Å². The second kappa shape index (κ2) is 7.33. The van der Waals surface area contributed by atoms with Crippen molar-refractivity contribution in [2.45, 2.75) is 20.0 Å². The third kappa shape index (κ3) is 3.22. The van der Waals surface area contributed by atoms with Crippen molar-refractivity contribution in [2.75, 3.05) is 31.1 Å². The van der Waals surface area contributed by atoms with Gasteiger partial charge < -0.3 is 18.9 Å². The van der Waals surface area contributed by atoms with E-state index in [0.29, 0.717) is 26.2 Å². The van der Waals surface area contributed by atoms with Gasteiger partial charge >= 0.3 is 6.09 Å². The molecule has 0 spiro atoms. The zero-order valence-electron chi connectivity index (χ0n) is 17.0. The second-order valence-electron chi connectivity index (χ2n) is 7.60. The van der Waals surface area contributed by atoms with Gasteiger partial charge in [-0.1, -0.05) is 0 Å². The first-order valence-electron chi connectivity index (χ1n) is 10.1. The van der Waals surface area contributed by atoms with Gasteiger partial charge in [0.15, 0.2) is 5.65 Å². The summed E-state index contributed by atoms with van der Waals surface area (Å²) < 4.78 is 9.07. The fourth-order valence-corrected chi connectivity index (χ4v) is 3.78. The summed E-state index contributed by atoms with van der Waals surface area (Å²) in [5.74, 6) is 0.872. The van der Waals surface area contributed by atoms with E-state index in [1.165, 1.54) is 0 Å². The molecule has 0 aliphatic carbocycles. The third-order valence-corrected chi connectivity index (χ3v) is 5.26. The van der Waals surface area contributed by atoms with Crippen molar-refractivity contribution in [3.8, 4) is 11.1 Å². The lowest BCUT2D eigenvalue weighted by Gasteiger charge is -2.35. The lowest BCUT2D eigenvalue weighted by atomic mass is 10.1. The predicted octanol–water partition coefficient (Wildman–Crippen LogP) is 2.71. The SMILES string of the molecule is CC(C)OC(=O)N1CCN(c2ccn3ncc(-c4cccn5ccnc45)c3n2)CC1. The maximum absolute atomic E-state index is 12.1. The fourth-order valence-electron chi connectivity index (χ4n) is 3.78. The Bertz CT molecular complexity index is 1200. The number of carbonyl (C=O) groups is 1. The first kappa shape index (κ1) is 18.4. The van der Waals surface area contributed by atoms with Gasteiger partial charge in [-0.15, -0.1) is 0 Å². The summed E-state index contributed by atoms with van der Waals surface area (Å²) in [6.45, 7) is 6.35. The zero-order valence-corrected chi connectivity index (χ0v) is 17.0. The Kier molecular flexibility index (Phi) is 4.50. The topological polar surface area (TPSA) is 80.3 Å². The molecule has 9 heteroatoms. The summed E-state index contributed by atoms with van der Waals surface area (Å²) in [6.07, 6.45) is 9.07. The number of carbonyl (C=O) groups excluding carboxylic acids is 1. The minimum Gasteiger partial charge on any atom is -0.447 e. The van der Waals surface area contributed by atoms with E-state index in [-0.39, 0.29) is 12.2 Å². The van der Waals surface area contributed by atoms with Crippen LogP contribution in [0, 0.1) is 0 Å². The van der Waals surface area contributed by atoms with Gasteiger partial charge in [-0.05, 0) is 32.0 Å². The molecule has 1 saturated heterocycles. The van der Waals surface area contributed by atoms with Gasteiger partial charge in [0.25, 0.3) is 0 Å². The Labute approximate surface area is 173 Å². The number of ether oxygens (including phenoxy) is 1. The molecule has 0 unspecified atom stereocenters. The highest BCUT2D eigenvalue weighted by Crippen LogP contribution is 2.28. The highest BCUT2D eigenvalue weighted by atomic mass is 16.6. The summed E-state index contributed by atoms with van der Waals surface area (Å²) >= 11 is 0. The number of anilines is 1. The Hall–Kier alpha value is -3.62. The first-order chi connectivity index (χ1) is 14.6. The van der Waals surface area contributed by atoms with Crippen LogP contribution in [0.5, 0.6) is 0 Å². The van der Waals surface area contributed by atoms with Crippen LogP contribution in [0.2, 0.25) is 0 Å². The number of nitrogens with zero attached hydrogens (tertiary/aromatic N) is 7. The van der Waals surface area contributed by atoms with Gasteiger partial charge in [0.05, 0.1) is 17.9 Å². The van der Waals surface area contributed by atoms with Crippen molar-refractivity contribution in [2.24, 2.45) is 0 Å². The summed E-state index contributed by atoms with van der Waals surface area (Å²) in [5, 5.41) is 4.46. The van der Waals surface area contributed by atoms with Crippen LogP contribution in [0.1, 0.15) is 13.8 Å². The minimum atomic E-state index is -0.251. The maximum Gasteiger partial charge on any atom is 0.410 e. The van der Waals surface area contributed by atoms with Gasteiger partial charge in [0, 0.05) is 56.5 Å². The molecule has 1 amide bonds. The zero-order chi connectivity index (χ0) is 20.7. The largest absolute Gasteiger partial charge is 0.447 e. The maximum atomic E-state index is 12.1. The minimum absolute atomic E-state index is 0.112. The Morgan fingerprint density at radius 2 is 1.87 bits per heavy atom. The number of piperazine rings is 1. The summed E-state index contributed by atoms with van der Waals surface area (Å²) in [7, 11) is 0. The Morgan fingerprint density at radius 1 is 1.03 bits per heavy atom. The van der Waals surface area contributed by atoms with E-state index in [1.54, 1.807) is 15.6 Å². The first-order valence-corrected chi connectivity index (χ1v) is 10.1. The molecule has 1 aliphatic heterocycles. The monoisotopic (exact) mass is 405 g/mol. The molecule has 4 aromatic heterocycles. The molecule has 0 N–H and O–H groups in total. The van der Waals surface area contributed by atoms with E-state index in [1.807, 2.05) is 61.2 Å². The number of rotatable bonds is 3. The lowest BCUT2D eigenvalue weighted by Crippen LogP contribution is -2.49. The van der Waals surface area contributed by atoms with Crippen LogP contribution in [0.25, 0.3) is 22.4 Å². The van der Waals surface area contributed by atoms with Crippen molar-refractivity contribution in [1.29, 1.82) is 0 Å². The number of hydrogen-bond donors (Lipinski definition) is 0. The van der Waals surface area contributed by atoms with E-state index in [0.717, 1.165) is 28.2 Å². The summed E-state index contributed by atoms with van der Waals surface area (Å²) in [5.41, 5.74) is 3.58. The summed E-state index contributed by atoms with van der Waals surface area (Å²) in [6, 6.07) is 5.99. The van der Waals surface area contributed by atoms with Crippen LogP contribution in [-0.2, 0) is 4.74 Å². The standard InChI is InChI=1S/C21H23N7O2/c1-15(2)30-21(29)27-12-10-25(11-13-27)18-5-8-28-20(24-18)17(14-23-28)16-4-3-7-26-9-6-22-19(16)26/h3-9,14-15H,10-13H2,1-2H3. The van der Waals surface area contributed by atoms with Crippen LogP contribution >= 0.6 is 0 Å². The van der Waals surface area contributed by atoms with Crippen molar-refractivity contribution in [3.05, 3.63) is 49.2 Å². The van der Waals surface area contributed by atoms with E-state index in [4.69, 9.17) is 9.72 Å². The van der Waals surface area contributed by atoms with Crippen LogP contribution in [0.15, 0.2) is 49.2 Å². The van der Waals surface area contributed by atoms with Gasteiger partial charge in [-0.25, -0.2) is 19.3 Å². The molecule has 5 heterocycles. The number of hydrogen-bond acceptors (Lipinski definition) is 6. The molecule has 5 rings (SSSR count). The van der Waals surface area contributed by atoms with Gasteiger partial charge in [0.2, 0.25) is 0 Å². The number of pyridine rings is 1. The van der Waals surface area contributed by atoms with E-state index < -0.39 is 0 Å². The normalized spacial score (nSPS) is 14.8. The average Bonchev–Trinajstić information content (AvgIpc) is 3.39. The molecule has 30 heavy (non-hydrogen) atoms. The number of fused-ring (bicyclic) bond motifs is 2. The molecule has 154 valence electrons. The fraction of sp³-hybridized carbons (Fsp3) is 0.333. The molecular formula is C21H23N7O2. The smallest absolute Gasteiger partial charge is 0.410 e. The molecule has 0 bridgehead atoms. The van der Waals surface area contributed by atoms with Gasteiger partial charge in [-0.2, -0.15) is 5.10 Å². The van der Waals surface area contributed by atoms with Gasteiger partial charge in [0.1, 0.15) is 11.5 Å². The number of imidazole rings is 1. The van der Waals surface area contributed by atoms with E-state index >= 15 is 0 Å². The lowest BCUT2D eigenvalue weighted by molar-refractivity contribution is 0.0751. The van der Waals surface area contributed by atoms with E-state index in [9.17, 15) is 4.79 Å². The van der Waals surface area contributed by atoms with Crippen LogP contribution in [-0.4, -0.2) is 67.3 Å². The molecule has 0 aromatic carbocycles. The van der Waals surface area contributed by atoms with Crippen LogP contribution < -0.4 is 4.90 Å². The molecule has 0 radical (unpaired) electrons. The molecule has 1 fully saturated rings. The highest BCUT2D eigenvalue weighted by molar-refractivity contribution is 5.86. The number of aromatic nitrogens is 5. The van der Waals surface area contributed by atoms with Crippen molar-refractivity contribution >= 4 is 23.2 Å². The molecule has 9 nitrogen and oxygen atoms in total. The molecule has 0 saturated carbocycles. The highest BCUT2D eigenvalue weighted by Gasteiger charge is 2.24. The predicted molar refractivity (Wildman–Crippen MR) is 113 cm³/mol. The average molecular weight is 405 g/mol. The third-order valence-electron chi connectivity index (χ3n) is 5.26. The molecule has 4 aromatic rings. The molecular weight excluding hydrogens is 382 g/mol. The number of amides is 1. The Morgan fingerprint density at radius 3 is 2.67 bits per heavy atom. The van der Waals surface area contributed by atoms with Crippen molar-refractivity contribution < 1.29 is 9.53 Å². The molecule has 1 aliphatic rings.